The van der Waals surface area contributed by atoms with E-state index in [9.17, 15) is 4.79 Å². The van der Waals surface area contributed by atoms with Crippen molar-refractivity contribution in [3.63, 3.8) is 0 Å². The van der Waals surface area contributed by atoms with Crippen molar-refractivity contribution in [1.82, 2.24) is 19.7 Å². The van der Waals surface area contributed by atoms with Crippen LogP contribution in [0.3, 0.4) is 0 Å². The summed E-state index contributed by atoms with van der Waals surface area (Å²) in [6, 6.07) is 10.1. The van der Waals surface area contributed by atoms with Crippen molar-refractivity contribution in [3.8, 4) is 10.6 Å². The molecule has 0 spiro atoms. The van der Waals surface area contributed by atoms with E-state index in [-0.39, 0.29) is 18.3 Å². The second kappa shape index (κ2) is 9.47. The maximum Gasteiger partial charge on any atom is 0.273 e. The Morgan fingerprint density at radius 3 is 2.69 bits per heavy atom. The molecule has 2 N–H and O–H groups in total. The minimum absolute atomic E-state index is 0. The van der Waals surface area contributed by atoms with Crippen LogP contribution in [0.5, 0.6) is 0 Å². The first-order valence-corrected chi connectivity index (χ1v) is 9.03. The number of halogens is 1. The van der Waals surface area contributed by atoms with Crippen LogP contribution in [0.4, 0.5) is 0 Å². The number of nitrogens with zero attached hydrogens (tertiary/aromatic N) is 4. The summed E-state index contributed by atoms with van der Waals surface area (Å²) in [5.41, 5.74) is 8.27. The Kier molecular flexibility index (Phi) is 7.32. The summed E-state index contributed by atoms with van der Waals surface area (Å²) in [5, 5.41) is 6.75. The maximum atomic E-state index is 12.8. The Labute approximate surface area is 163 Å². The molecular weight excluding hydrogens is 370 g/mol. The summed E-state index contributed by atoms with van der Waals surface area (Å²) in [5.74, 6) is -0.0761. The van der Waals surface area contributed by atoms with E-state index < -0.39 is 0 Å². The molecule has 0 unspecified atom stereocenters. The van der Waals surface area contributed by atoms with Crippen LogP contribution in [-0.4, -0.2) is 45.2 Å². The molecule has 26 heavy (non-hydrogen) atoms. The highest BCUT2D eigenvalue weighted by molar-refractivity contribution is 7.13. The number of amides is 1. The molecule has 1 aromatic carbocycles. The standard InChI is InChI=1S/C18H21N5OS.ClH/c1-22-12-15(11-20-22)17-21-16(13-25-17)18(24)23(10-8-19)9-7-14-5-3-2-4-6-14;/h2-6,11-13H,7-10,19H2,1H3;1H. The average molecular weight is 392 g/mol. The van der Waals surface area contributed by atoms with E-state index in [0.717, 1.165) is 17.0 Å². The van der Waals surface area contributed by atoms with Crippen LogP contribution >= 0.6 is 23.7 Å². The van der Waals surface area contributed by atoms with Crippen LogP contribution in [0.2, 0.25) is 0 Å². The van der Waals surface area contributed by atoms with E-state index in [0.29, 0.717) is 25.3 Å². The first-order valence-electron chi connectivity index (χ1n) is 8.15. The average Bonchev–Trinajstić information content (AvgIpc) is 3.28. The molecule has 138 valence electrons. The van der Waals surface area contributed by atoms with Gasteiger partial charge in [-0.3, -0.25) is 9.48 Å². The molecule has 0 radical (unpaired) electrons. The van der Waals surface area contributed by atoms with Crippen LogP contribution in [0.25, 0.3) is 10.6 Å². The zero-order chi connectivity index (χ0) is 17.6. The lowest BCUT2D eigenvalue weighted by Gasteiger charge is -2.21. The van der Waals surface area contributed by atoms with E-state index >= 15 is 0 Å². The van der Waals surface area contributed by atoms with E-state index in [1.807, 2.05) is 31.4 Å². The predicted octanol–water partition coefficient (Wildman–Crippen LogP) is 2.61. The Hall–Kier alpha value is -2.22. The van der Waals surface area contributed by atoms with Gasteiger partial charge in [0, 0.05) is 43.8 Å². The number of aromatic nitrogens is 3. The third kappa shape index (κ3) is 4.91. The SMILES string of the molecule is Cl.Cn1cc(-c2nc(C(=O)N(CCN)CCc3ccccc3)cs2)cn1. The fourth-order valence-electron chi connectivity index (χ4n) is 2.58. The highest BCUT2D eigenvalue weighted by Crippen LogP contribution is 2.23. The molecule has 0 aliphatic heterocycles. The van der Waals surface area contributed by atoms with E-state index in [1.54, 1.807) is 21.2 Å². The lowest BCUT2D eigenvalue weighted by molar-refractivity contribution is 0.0757. The summed E-state index contributed by atoms with van der Waals surface area (Å²) in [7, 11) is 1.86. The summed E-state index contributed by atoms with van der Waals surface area (Å²) in [4.78, 5) is 19.1. The fourth-order valence-corrected chi connectivity index (χ4v) is 3.35. The molecular formula is C18H22ClN5OS. The molecule has 8 heteroatoms. The van der Waals surface area contributed by atoms with Gasteiger partial charge in [0.25, 0.3) is 5.91 Å². The van der Waals surface area contributed by atoms with Crippen LogP contribution in [-0.2, 0) is 13.5 Å². The van der Waals surface area contributed by atoms with E-state index in [2.05, 4.69) is 22.2 Å². The topological polar surface area (TPSA) is 77.0 Å². The van der Waals surface area contributed by atoms with Crippen LogP contribution in [0.15, 0.2) is 48.1 Å². The van der Waals surface area contributed by atoms with Crippen molar-refractivity contribution in [1.29, 1.82) is 0 Å². The molecule has 0 aliphatic carbocycles. The van der Waals surface area contributed by atoms with Gasteiger partial charge in [-0.2, -0.15) is 5.10 Å². The van der Waals surface area contributed by atoms with Gasteiger partial charge in [0.1, 0.15) is 10.7 Å². The van der Waals surface area contributed by atoms with Gasteiger partial charge >= 0.3 is 0 Å². The van der Waals surface area contributed by atoms with Gasteiger partial charge < -0.3 is 10.6 Å². The van der Waals surface area contributed by atoms with E-state index in [1.165, 1.54) is 16.9 Å². The highest BCUT2D eigenvalue weighted by atomic mass is 35.5. The molecule has 3 aromatic rings. The van der Waals surface area contributed by atoms with Crippen molar-refractivity contribution in [3.05, 3.63) is 59.4 Å². The molecule has 0 fully saturated rings. The van der Waals surface area contributed by atoms with E-state index in [4.69, 9.17) is 5.73 Å². The number of rotatable bonds is 7. The Morgan fingerprint density at radius 1 is 1.27 bits per heavy atom. The number of carbonyl (C=O) groups is 1. The Morgan fingerprint density at radius 2 is 2.04 bits per heavy atom. The summed E-state index contributed by atoms with van der Waals surface area (Å²) >= 11 is 1.45. The quantitative estimate of drug-likeness (QED) is 0.671. The van der Waals surface area contributed by atoms with Crippen molar-refractivity contribution < 1.29 is 4.79 Å². The monoisotopic (exact) mass is 391 g/mol. The first-order chi connectivity index (χ1) is 12.2. The summed E-state index contributed by atoms with van der Waals surface area (Å²) in [6.07, 6.45) is 4.44. The van der Waals surface area contributed by atoms with Crippen molar-refractivity contribution in [2.75, 3.05) is 19.6 Å². The molecule has 0 saturated heterocycles. The Balaban J connectivity index is 0.00000243. The van der Waals surface area contributed by atoms with Crippen molar-refractivity contribution in [2.45, 2.75) is 6.42 Å². The molecule has 1 amide bonds. The molecule has 0 aliphatic rings. The molecule has 0 bridgehead atoms. The largest absolute Gasteiger partial charge is 0.336 e. The van der Waals surface area contributed by atoms with Gasteiger partial charge in [0.05, 0.1) is 6.20 Å². The zero-order valence-corrected chi connectivity index (χ0v) is 16.2. The normalized spacial score (nSPS) is 10.4. The molecule has 2 heterocycles. The minimum atomic E-state index is -0.0761. The number of hydrogen-bond acceptors (Lipinski definition) is 5. The number of aryl methyl sites for hydroxylation is 1. The second-order valence-electron chi connectivity index (χ2n) is 5.76. The third-order valence-electron chi connectivity index (χ3n) is 3.87. The van der Waals surface area contributed by atoms with Gasteiger partial charge in [-0.05, 0) is 12.0 Å². The number of carbonyl (C=O) groups excluding carboxylic acids is 1. The molecule has 0 atom stereocenters. The Bertz CT molecular complexity index is 833. The fraction of sp³-hybridized carbons (Fsp3) is 0.278. The predicted molar refractivity (Wildman–Crippen MR) is 107 cm³/mol. The highest BCUT2D eigenvalue weighted by Gasteiger charge is 2.19. The van der Waals surface area contributed by atoms with Crippen LogP contribution < -0.4 is 5.73 Å². The molecule has 2 aromatic heterocycles. The second-order valence-corrected chi connectivity index (χ2v) is 6.62. The summed E-state index contributed by atoms with van der Waals surface area (Å²) in [6.45, 7) is 1.57. The van der Waals surface area contributed by atoms with Gasteiger partial charge in [-0.15, -0.1) is 23.7 Å². The lowest BCUT2D eigenvalue weighted by Crippen LogP contribution is -2.37. The minimum Gasteiger partial charge on any atom is -0.336 e. The number of thiazole rings is 1. The maximum absolute atomic E-state index is 12.8. The van der Waals surface area contributed by atoms with Crippen molar-refractivity contribution in [2.24, 2.45) is 12.8 Å². The van der Waals surface area contributed by atoms with Crippen LogP contribution in [0, 0.1) is 0 Å². The van der Waals surface area contributed by atoms with Gasteiger partial charge in [0.15, 0.2) is 0 Å². The van der Waals surface area contributed by atoms with Gasteiger partial charge in [-0.25, -0.2) is 4.98 Å². The molecule has 0 saturated carbocycles. The van der Waals surface area contributed by atoms with Crippen molar-refractivity contribution >= 4 is 29.7 Å². The lowest BCUT2D eigenvalue weighted by atomic mass is 10.1. The summed E-state index contributed by atoms with van der Waals surface area (Å²) < 4.78 is 1.72. The smallest absolute Gasteiger partial charge is 0.273 e. The third-order valence-corrected chi connectivity index (χ3v) is 4.77. The number of hydrogen-bond donors (Lipinski definition) is 1. The number of nitrogens with two attached hydrogens (primary N) is 1. The van der Waals surface area contributed by atoms with Gasteiger partial charge in [0.2, 0.25) is 0 Å². The molecule has 3 rings (SSSR count). The zero-order valence-electron chi connectivity index (χ0n) is 14.5. The van der Waals surface area contributed by atoms with Gasteiger partial charge in [-0.1, -0.05) is 30.3 Å². The first kappa shape index (κ1) is 20.1. The van der Waals surface area contributed by atoms with Crippen LogP contribution in [0.1, 0.15) is 16.1 Å². The number of benzene rings is 1. The molecule has 6 nitrogen and oxygen atoms in total.